The van der Waals surface area contributed by atoms with Gasteiger partial charge in [0.05, 0.1) is 0 Å². The molecule has 0 aliphatic heterocycles. The first-order chi connectivity index (χ1) is 11.1. The van der Waals surface area contributed by atoms with Crippen LogP contribution in [0.25, 0.3) is 0 Å². The molecule has 0 fully saturated rings. The molecule has 2 rings (SSSR count). The van der Waals surface area contributed by atoms with Crippen LogP contribution in [0.5, 0.6) is 0 Å². The topological polar surface area (TPSA) is 62.3 Å². The van der Waals surface area contributed by atoms with Gasteiger partial charge in [0.15, 0.2) is 0 Å². The van der Waals surface area contributed by atoms with Gasteiger partial charge >= 0.3 is 0 Å². The normalized spacial score (nSPS) is 10.2. The van der Waals surface area contributed by atoms with Crippen molar-refractivity contribution in [1.82, 2.24) is 10.3 Å². The van der Waals surface area contributed by atoms with E-state index < -0.39 is 0 Å². The molecular weight excluding hydrogens is 290 g/mol. The highest BCUT2D eigenvalue weighted by atomic mass is 16.2. The van der Waals surface area contributed by atoms with Crippen molar-refractivity contribution in [3.63, 3.8) is 0 Å². The summed E-state index contributed by atoms with van der Waals surface area (Å²) in [5.74, 6) is -0.340. The van der Waals surface area contributed by atoms with Crippen LogP contribution >= 0.6 is 0 Å². The Kier molecular flexibility index (Phi) is 5.86. The third-order valence-corrected chi connectivity index (χ3v) is 3.58. The lowest BCUT2D eigenvalue weighted by atomic mass is 10.1. The third kappa shape index (κ3) is 4.64. The van der Waals surface area contributed by atoms with Crippen molar-refractivity contribution in [2.24, 2.45) is 0 Å². The number of aryl methyl sites for hydroxylation is 1. The van der Waals surface area contributed by atoms with Gasteiger partial charge in [0.25, 0.3) is 0 Å². The molecule has 2 aromatic rings. The lowest BCUT2D eigenvalue weighted by Crippen LogP contribution is -2.40. The van der Waals surface area contributed by atoms with Crippen molar-refractivity contribution in [2.75, 3.05) is 11.4 Å². The number of anilines is 1. The lowest BCUT2D eigenvalue weighted by Gasteiger charge is -2.23. The molecule has 0 bridgehead atoms. The number of rotatable bonds is 6. The van der Waals surface area contributed by atoms with Crippen LogP contribution in [0.4, 0.5) is 5.69 Å². The van der Waals surface area contributed by atoms with Crippen molar-refractivity contribution in [3.05, 3.63) is 59.9 Å². The number of hydrogen-bond donors (Lipinski definition) is 1. The van der Waals surface area contributed by atoms with Crippen LogP contribution in [-0.4, -0.2) is 23.3 Å². The van der Waals surface area contributed by atoms with E-state index in [4.69, 9.17) is 0 Å². The van der Waals surface area contributed by atoms with E-state index in [1.807, 2.05) is 43.3 Å². The van der Waals surface area contributed by atoms with Gasteiger partial charge < -0.3 is 10.2 Å². The second kappa shape index (κ2) is 8.08. The van der Waals surface area contributed by atoms with Crippen LogP contribution in [0.3, 0.4) is 0 Å². The Balaban J connectivity index is 2.04. The maximum atomic E-state index is 12.2. The minimum absolute atomic E-state index is 0.0113. The summed E-state index contributed by atoms with van der Waals surface area (Å²) >= 11 is 0. The molecule has 0 atom stereocenters. The van der Waals surface area contributed by atoms with Crippen LogP contribution in [-0.2, 0) is 22.6 Å². The summed E-state index contributed by atoms with van der Waals surface area (Å²) in [6, 6.07) is 11.3. The average molecular weight is 311 g/mol. The van der Waals surface area contributed by atoms with E-state index in [1.165, 1.54) is 11.8 Å². The van der Waals surface area contributed by atoms with Gasteiger partial charge in [0.1, 0.15) is 6.54 Å². The molecule has 0 aliphatic carbocycles. The molecule has 0 spiro atoms. The maximum Gasteiger partial charge on any atom is 0.240 e. The average Bonchev–Trinajstić information content (AvgIpc) is 2.58. The highest BCUT2D eigenvalue weighted by Crippen LogP contribution is 2.20. The number of nitrogens with zero attached hydrogens (tertiary/aromatic N) is 2. The first-order valence-corrected chi connectivity index (χ1v) is 7.63. The summed E-state index contributed by atoms with van der Waals surface area (Å²) in [6.45, 7) is 3.93. The van der Waals surface area contributed by atoms with Crippen LogP contribution in [0, 0.1) is 0 Å². The number of nitrogens with one attached hydrogen (secondary N) is 1. The van der Waals surface area contributed by atoms with Gasteiger partial charge in [0, 0.05) is 31.5 Å². The summed E-state index contributed by atoms with van der Waals surface area (Å²) in [7, 11) is 0. The van der Waals surface area contributed by atoms with Crippen LogP contribution < -0.4 is 10.2 Å². The van der Waals surface area contributed by atoms with Crippen LogP contribution in [0.2, 0.25) is 0 Å². The predicted octanol–water partition coefficient (Wildman–Crippen LogP) is 2.31. The highest BCUT2D eigenvalue weighted by molar-refractivity contribution is 5.98. The number of carbonyl (C=O) groups excluding carboxylic acids is 2. The number of amides is 2. The molecule has 1 aromatic carbocycles. The highest BCUT2D eigenvalue weighted by Gasteiger charge is 2.17. The number of aromatic nitrogens is 1. The molecule has 5 heteroatoms. The van der Waals surface area contributed by atoms with E-state index >= 15 is 0 Å². The Bertz CT molecular complexity index is 671. The molecule has 0 saturated carbocycles. The molecule has 0 unspecified atom stereocenters. The molecule has 1 heterocycles. The summed E-state index contributed by atoms with van der Waals surface area (Å²) in [5.41, 5.74) is 2.81. The van der Waals surface area contributed by atoms with Gasteiger partial charge in [-0.15, -0.1) is 0 Å². The molecule has 23 heavy (non-hydrogen) atoms. The van der Waals surface area contributed by atoms with Gasteiger partial charge in [-0.25, -0.2) is 0 Å². The maximum absolute atomic E-state index is 12.2. The first kappa shape index (κ1) is 16.7. The monoisotopic (exact) mass is 311 g/mol. The zero-order valence-electron chi connectivity index (χ0n) is 13.5. The van der Waals surface area contributed by atoms with Crippen molar-refractivity contribution in [2.45, 2.75) is 26.8 Å². The Morgan fingerprint density at radius 2 is 1.83 bits per heavy atom. The van der Waals surface area contributed by atoms with E-state index in [1.54, 1.807) is 12.4 Å². The summed E-state index contributed by atoms with van der Waals surface area (Å²) < 4.78 is 0. The molecule has 120 valence electrons. The minimum atomic E-state index is -0.192. The van der Waals surface area contributed by atoms with Crippen LogP contribution in [0.1, 0.15) is 25.0 Å². The number of para-hydroxylation sites is 1. The van der Waals surface area contributed by atoms with Crippen molar-refractivity contribution < 1.29 is 9.59 Å². The fourth-order valence-electron chi connectivity index (χ4n) is 2.34. The first-order valence-electron chi connectivity index (χ1n) is 7.63. The standard InChI is InChI=1S/C18H21N3O2/c1-3-16-6-4-5-7-17(16)21(14(2)22)13-18(23)20-12-15-8-10-19-11-9-15/h4-11H,3,12-13H2,1-2H3,(H,20,23). The molecular formula is C18H21N3O2. The molecule has 1 N–H and O–H groups in total. The molecule has 1 aromatic heterocycles. The minimum Gasteiger partial charge on any atom is -0.350 e. The van der Waals surface area contributed by atoms with E-state index in [0.717, 1.165) is 23.2 Å². The molecule has 2 amide bonds. The third-order valence-electron chi connectivity index (χ3n) is 3.58. The zero-order valence-corrected chi connectivity index (χ0v) is 13.5. The Labute approximate surface area is 136 Å². The quantitative estimate of drug-likeness (QED) is 0.890. The second-order valence-corrected chi connectivity index (χ2v) is 5.22. The zero-order chi connectivity index (χ0) is 16.7. The number of pyridine rings is 1. The largest absolute Gasteiger partial charge is 0.350 e. The Morgan fingerprint density at radius 3 is 2.48 bits per heavy atom. The van der Waals surface area contributed by atoms with E-state index in [9.17, 15) is 9.59 Å². The van der Waals surface area contributed by atoms with Gasteiger partial charge in [-0.1, -0.05) is 25.1 Å². The molecule has 5 nitrogen and oxygen atoms in total. The fraction of sp³-hybridized carbons (Fsp3) is 0.278. The van der Waals surface area contributed by atoms with Crippen molar-refractivity contribution in [3.8, 4) is 0 Å². The van der Waals surface area contributed by atoms with Gasteiger partial charge in [-0.2, -0.15) is 0 Å². The fourth-order valence-corrected chi connectivity index (χ4v) is 2.34. The summed E-state index contributed by atoms with van der Waals surface area (Å²) in [6.07, 6.45) is 4.17. The van der Waals surface area contributed by atoms with Crippen LogP contribution in [0.15, 0.2) is 48.8 Å². The summed E-state index contributed by atoms with van der Waals surface area (Å²) in [4.78, 5) is 29.6. The molecule has 0 saturated heterocycles. The van der Waals surface area contributed by atoms with Gasteiger partial charge in [0.2, 0.25) is 11.8 Å². The number of benzene rings is 1. The Hall–Kier alpha value is -2.69. The van der Waals surface area contributed by atoms with E-state index in [2.05, 4.69) is 10.3 Å². The molecule has 0 radical (unpaired) electrons. The predicted molar refractivity (Wildman–Crippen MR) is 89.9 cm³/mol. The number of hydrogen-bond acceptors (Lipinski definition) is 3. The summed E-state index contributed by atoms with van der Waals surface area (Å²) in [5, 5.41) is 2.83. The van der Waals surface area contributed by atoms with E-state index in [0.29, 0.717) is 6.54 Å². The van der Waals surface area contributed by atoms with E-state index in [-0.39, 0.29) is 18.4 Å². The SMILES string of the molecule is CCc1ccccc1N(CC(=O)NCc1ccncc1)C(C)=O. The smallest absolute Gasteiger partial charge is 0.240 e. The number of carbonyl (C=O) groups is 2. The molecule has 0 aliphatic rings. The van der Waals surface area contributed by atoms with Gasteiger partial charge in [-0.05, 0) is 35.7 Å². The van der Waals surface area contributed by atoms with Crippen molar-refractivity contribution in [1.29, 1.82) is 0 Å². The lowest BCUT2D eigenvalue weighted by molar-refractivity contribution is -0.123. The second-order valence-electron chi connectivity index (χ2n) is 5.22. The van der Waals surface area contributed by atoms with Gasteiger partial charge in [-0.3, -0.25) is 14.6 Å². The Morgan fingerprint density at radius 1 is 1.13 bits per heavy atom. The van der Waals surface area contributed by atoms with Crippen molar-refractivity contribution >= 4 is 17.5 Å².